The minimum absolute atomic E-state index is 0.0258. The molecule has 0 aromatic heterocycles. The molecule has 6 atom stereocenters. The molecule has 0 saturated heterocycles. The summed E-state index contributed by atoms with van der Waals surface area (Å²) in [7, 11) is 0. The van der Waals surface area contributed by atoms with Gasteiger partial charge < -0.3 is 9.84 Å². The molecular weight excluding hydrogens is 560 g/mol. The lowest BCUT2D eigenvalue weighted by Gasteiger charge is -2.37. The SMILES string of the molecule is O=C(O)C1CC(CC2CCCCC2)CCC1C(=O)OC1CCC(OOCC2CCC(CC3CCCCC3)CC2COO)CC1. The van der Waals surface area contributed by atoms with E-state index < -0.39 is 17.8 Å². The van der Waals surface area contributed by atoms with Crippen LogP contribution in [0.3, 0.4) is 0 Å². The Morgan fingerprint density at radius 2 is 1.16 bits per heavy atom. The molecule has 8 heteroatoms. The van der Waals surface area contributed by atoms with Crippen LogP contribution in [-0.2, 0) is 29.0 Å². The molecule has 5 rings (SSSR count). The highest BCUT2D eigenvalue weighted by molar-refractivity contribution is 5.81. The molecule has 0 aliphatic heterocycles. The fourth-order valence-corrected chi connectivity index (χ4v) is 9.69. The third kappa shape index (κ3) is 10.1. The predicted octanol–water partition coefficient (Wildman–Crippen LogP) is 8.37. The summed E-state index contributed by atoms with van der Waals surface area (Å²) in [4.78, 5) is 41.5. The van der Waals surface area contributed by atoms with Crippen LogP contribution in [0.5, 0.6) is 0 Å². The zero-order valence-electron chi connectivity index (χ0n) is 27.1. The zero-order valence-corrected chi connectivity index (χ0v) is 27.1. The fourth-order valence-electron chi connectivity index (χ4n) is 9.69. The maximum absolute atomic E-state index is 13.2. The summed E-state index contributed by atoms with van der Waals surface area (Å²) in [6.07, 6.45) is 24.1. The van der Waals surface area contributed by atoms with E-state index in [1.54, 1.807) is 0 Å². The number of carboxylic acid groups (broad SMARTS) is 1. The van der Waals surface area contributed by atoms with Gasteiger partial charge in [-0.2, -0.15) is 0 Å². The van der Waals surface area contributed by atoms with Crippen LogP contribution in [0.4, 0.5) is 0 Å². The van der Waals surface area contributed by atoms with Crippen molar-refractivity contribution < 1.29 is 39.4 Å². The molecule has 0 spiro atoms. The largest absolute Gasteiger partial charge is 0.481 e. The number of rotatable bonds is 13. The maximum Gasteiger partial charge on any atom is 0.310 e. The van der Waals surface area contributed by atoms with Gasteiger partial charge in [-0.3, -0.25) is 14.8 Å². The van der Waals surface area contributed by atoms with E-state index in [-0.39, 0.29) is 24.1 Å². The molecule has 0 radical (unpaired) electrons. The molecule has 252 valence electrons. The summed E-state index contributed by atoms with van der Waals surface area (Å²) in [5, 5.41) is 19.2. The van der Waals surface area contributed by atoms with E-state index in [9.17, 15) is 20.0 Å². The lowest BCUT2D eigenvalue weighted by Crippen LogP contribution is -2.39. The molecule has 5 fully saturated rings. The van der Waals surface area contributed by atoms with Gasteiger partial charge in [-0.15, -0.1) is 0 Å². The van der Waals surface area contributed by atoms with Gasteiger partial charge in [0.05, 0.1) is 31.2 Å². The predicted molar refractivity (Wildman–Crippen MR) is 166 cm³/mol. The molecule has 0 aromatic carbocycles. The highest BCUT2D eigenvalue weighted by Crippen LogP contribution is 2.42. The maximum atomic E-state index is 13.2. The van der Waals surface area contributed by atoms with Crippen molar-refractivity contribution in [2.75, 3.05) is 13.2 Å². The Labute approximate surface area is 265 Å². The van der Waals surface area contributed by atoms with Crippen molar-refractivity contribution in [3.8, 4) is 0 Å². The molecule has 8 nitrogen and oxygen atoms in total. The highest BCUT2D eigenvalue weighted by Gasteiger charge is 2.42. The standard InChI is InChI=1S/C36H60O8/c37-35(38)34-22-28(20-26-9-5-2-6-10-26)12-18-33(34)36(39)43-31-14-16-32(17-15-31)44-42-24-29-13-11-27(21-30(29)23-41-40)19-25-7-3-1-4-8-25/h25-34,40H,1-24H2,(H,37,38). The van der Waals surface area contributed by atoms with E-state index in [0.717, 1.165) is 56.3 Å². The first-order valence-electron chi connectivity index (χ1n) is 18.5. The Bertz CT molecular complexity index is 860. The monoisotopic (exact) mass is 620 g/mol. The molecule has 5 aliphatic carbocycles. The van der Waals surface area contributed by atoms with Gasteiger partial charge in [0.15, 0.2) is 0 Å². The molecule has 0 aromatic rings. The Morgan fingerprint density at radius 1 is 0.568 bits per heavy atom. The van der Waals surface area contributed by atoms with Gasteiger partial charge >= 0.3 is 11.9 Å². The molecule has 5 aliphatic rings. The van der Waals surface area contributed by atoms with Crippen molar-refractivity contribution >= 4 is 11.9 Å². The minimum Gasteiger partial charge on any atom is -0.481 e. The van der Waals surface area contributed by atoms with Crippen LogP contribution in [0.15, 0.2) is 0 Å². The number of hydrogen-bond donors (Lipinski definition) is 2. The number of carbonyl (C=O) groups excluding carboxylic acids is 1. The van der Waals surface area contributed by atoms with Crippen LogP contribution in [0, 0.1) is 47.3 Å². The second-order valence-electron chi connectivity index (χ2n) is 15.4. The lowest BCUT2D eigenvalue weighted by atomic mass is 9.70. The van der Waals surface area contributed by atoms with Gasteiger partial charge in [0.25, 0.3) is 0 Å². The topological polar surface area (TPSA) is 112 Å². The van der Waals surface area contributed by atoms with Crippen LogP contribution in [0.2, 0.25) is 0 Å². The minimum atomic E-state index is -0.847. The Balaban J connectivity index is 0.984. The Kier molecular flexibility index (Phi) is 13.7. The average molecular weight is 621 g/mol. The zero-order chi connectivity index (χ0) is 30.7. The second-order valence-corrected chi connectivity index (χ2v) is 15.4. The molecule has 0 bridgehead atoms. The van der Waals surface area contributed by atoms with Crippen LogP contribution in [-0.4, -0.2) is 47.7 Å². The van der Waals surface area contributed by atoms with E-state index in [2.05, 4.69) is 4.89 Å². The number of esters is 1. The van der Waals surface area contributed by atoms with Gasteiger partial charge in [-0.05, 0) is 106 Å². The first kappa shape index (κ1) is 34.1. The lowest BCUT2D eigenvalue weighted by molar-refractivity contribution is -0.340. The van der Waals surface area contributed by atoms with Crippen LogP contribution < -0.4 is 0 Å². The van der Waals surface area contributed by atoms with Crippen LogP contribution in [0.25, 0.3) is 0 Å². The van der Waals surface area contributed by atoms with Gasteiger partial charge in [0, 0.05) is 0 Å². The third-order valence-corrected chi connectivity index (χ3v) is 12.3. The van der Waals surface area contributed by atoms with Gasteiger partial charge in [-0.25, -0.2) is 14.7 Å². The van der Waals surface area contributed by atoms with Crippen molar-refractivity contribution in [2.24, 2.45) is 47.3 Å². The summed E-state index contributed by atoms with van der Waals surface area (Å²) >= 11 is 0. The number of ether oxygens (including phenoxy) is 1. The van der Waals surface area contributed by atoms with Crippen LogP contribution in [0.1, 0.15) is 141 Å². The first-order valence-corrected chi connectivity index (χ1v) is 18.5. The summed E-state index contributed by atoms with van der Waals surface area (Å²) in [6, 6.07) is 0. The quantitative estimate of drug-likeness (QED) is 0.120. The number of hydrogen-bond acceptors (Lipinski definition) is 7. The molecule has 5 saturated carbocycles. The van der Waals surface area contributed by atoms with Crippen molar-refractivity contribution in [1.82, 2.24) is 0 Å². The molecule has 44 heavy (non-hydrogen) atoms. The first-order chi connectivity index (χ1) is 21.5. The number of carbonyl (C=O) groups is 2. The average Bonchev–Trinajstić information content (AvgIpc) is 3.04. The summed E-state index contributed by atoms with van der Waals surface area (Å²) in [6.45, 7) is 0.871. The van der Waals surface area contributed by atoms with E-state index in [0.29, 0.717) is 50.7 Å². The van der Waals surface area contributed by atoms with Crippen molar-refractivity contribution in [3.63, 3.8) is 0 Å². The summed E-state index contributed by atoms with van der Waals surface area (Å²) < 4.78 is 5.91. The van der Waals surface area contributed by atoms with Gasteiger partial charge in [0.1, 0.15) is 6.10 Å². The second kappa shape index (κ2) is 17.6. The normalized spacial score (nSPS) is 36.1. The summed E-state index contributed by atoms with van der Waals surface area (Å²) in [5.41, 5.74) is 0. The van der Waals surface area contributed by atoms with Gasteiger partial charge in [0.2, 0.25) is 0 Å². The number of carboxylic acids is 1. The smallest absolute Gasteiger partial charge is 0.310 e. The summed E-state index contributed by atoms with van der Waals surface area (Å²) in [5.74, 6) is 1.04. The van der Waals surface area contributed by atoms with E-state index >= 15 is 0 Å². The van der Waals surface area contributed by atoms with Gasteiger partial charge in [-0.1, -0.05) is 70.6 Å². The molecule has 0 heterocycles. The molecule has 6 unspecified atom stereocenters. The van der Waals surface area contributed by atoms with Crippen molar-refractivity contribution in [1.29, 1.82) is 0 Å². The Hall–Kier alpha value is -1.22. The molecular formula is C36H60O8. The third-order valence-electron chi connectivity index (χ3n) is 12.3. The van der Waals surface area contributed by atoms with E-state index in [1.165, 1.54) is 77.0 Å². The van der Waals surface area contributed by atoms with Crippen molar-refractivity contribution in [3.05, 3.63) is 0 Å². The van der Waals surface area contributed by atoms with E-state index in [4.69, 9.17) is 14.5 Å². The fraction of sp³-hybridized carbons (Fsp3) is 0.944. The number of aliphatic carboxylic acids is 1. The highest BCUT2D eigenvalue weighted by atomic mass is 17.2. The molecule has 2 N–H and O–H groups in total. The van der Waals surface area contributed by atoms with Crippen molar-refractivity contribution in [2.45, 2.75) is 153 Å². The van der Waals surface area contributed by atoms with Crippen LogP contribution >= 0.6 is 0 Å². The molecule has 0 amide bonds. The van der Waals surface area contributed by atoms with E-state index in [1.807, 2.05) is 0 Å². The Morgan fingerprint density at radius 3 is 1.77 bits per heavy atom.